The van der Waals surface area contributed by atoms with E-state index in [1.54, 1.807) is 11.3 Å². The van der Waals surface area contributed by atoms with E-state index in [-0.39, 0.29) is 0 Å². The topological polar surface area (TPSA) is 26.0 Å². The minimum Gasteiger partial charge on any atom is -0.399 e. The molecule has 2 aromatic rings. The number of hydrogen-bond donors (Lipinski definition) is 1. The standard InChI is InChI=1S/C11H11NS/c1-8-6-9(2-3-11(8)12)10-4-5-13-7-10/h2-7H,12H2,1H3. The summed E-state index contributed by atoms with van der Waals surface area (Å²) in [6.45, 7) is 2.03. The van der Waals surface area contributed by atoms with Gasteiger partial charge in [-0.3, -0.25) is 0 Å². The van der Waals surface area contributed by atoms with E-state index in [0.717, 1.165) is 11.3 Å². The van der Waals surface area contributed by atoms with Crippen molar-refractivity contribution in [3.8, 4) is 11.1 Å². The number of anilines is 1. The van der Waals surface area contributed by atoms with Crippen LogP contribution in [0, 0.1) is 6.92 Å². The minimum atomic E-state index is 0.860. The summed E-state index contributed by atoms with van der Waals surface area (Å²) in [5, 5.41) is 4.23. The van der Waals surface area contributed by atoms with Crippen molar-refractivity contribution in [2.45, 2.75) is 6.92 Å². The van der Waals surface area contributed by atoms with Crippen molar-refractivity contribution < 1.29 is 0 Å². The van der Waals surface area contributed by atoms with Gasteiger partial charge in [-0.1, -0.05) is 6.07 Å². The number of benzene rings is 1. The van der Waals surface area contributed by atoms with Crippen LogP contribution in [-0.2, 0) is 0 Å². The smallest absolute Gasteiger partial charge is 0.0344 e. The number of nitrogens with two attached hydrogens (primary N) is 1. The molecule has 1 nitrogen and oxygen atoms in total. The monoisotopic (exact) mass is 189 g/mol. The highest BCUT2D eigenvalue weighted by atomic mass is 32.1. The minimum absolute atomic E-state index is 0.860. The Balaban J connectivity index is 2.49. The van der Waals surface area contributed by atoms with E-state index in [2.05, 4.69) is 29.0 Å². The lowest BCUT2D eigenvalue weighted by atomic mass is 10.1. The zero-order valence-corrected chi connectivity index (χ0v) is 8.27. The maximum atomic E-state index is 5.74. The Labute approximate surface area is 81.8 Å². The number of hydrogen-bond acceptors (Lipinski definition) is 2. The van der Waals surface area contributed by atoms with Gasteiger partial charge in [0.15, 0.2) is 0 Å². The molecular formula is C11H11NS. The molecule has 0 aliphatic carbocycles. The molecule has 1 heterocycles. The van der Waals surface area contributed by atoms with Crippen LogP contribution in [0.2, 0.25) is 0 Å². The van der Waals surface area contributed by atoms with Crippen LogP contribution in [0.25, 0.3) is 11.1 Å². The second kappa shape index (κ2) is 3.23. The van der Waals surface area contributed by atoms with Gasteiger partial charge in [-0.25, -0.2) is 0 Å². The largest absolute Gasteiger partial charge is 0.399 e. The Morgan fingerprint density at radius 2 is 2.00 bits per heavy atom. The Morgan fingerprint density at radius 3 is 2.62 bits per heavy atom. The Kier molecular flexibility index (Phi) is 2.07. The zero-order valence-electron chi connectivity index (χ0n) is 7.45. The fourth-order valence-corrected chi connectivity index (χ4v) is 1.95. The fourth-order valence-electron chi connectivity index (χ4n) is 1.28. The van der Waals surface area contributed by atoms with Gasteiger partial charge in [-0.05, 0) is 52.6 Å². The molecule has 0 saturated carbocycles. The van der Waals surface area contributed by atoms with Crippen molar-refractivity contribution >= 4 is 17.0 Å². The summed E-state index contributed by atoms with van der Waals surface area (Å²) in [4.78, 5) is 0. The van der Waals surface area contributed by atoms with E-state index in [4.69, 9.17) is 5.73 Å². The van der Waals surface area contributed by atoms with Crippen LogP contribution in [-0.4, -0.2) is 0 Å². The Bertz CT molecular complexity index is 404. The first-order chi connectivity index (χ1) is 6.27. The van der Waals surface area contributed by atoms with E-state index in [9.17, 15) is 0 Å². The van der Waals surface area contributed by atoms with Crippen molar-refractivity contribution in [1.29, 1.82) is 0 Å². The molecule has 0 aliphatic heterocycles. The van der Waals surface area contributed by atoms with Gasteiger partial charge in [0.05, 0.1) is 0 Å². The van der Waals surface area contributed by atoms with Crippen LogP contribution < -0.4 is 5.73 Å². The average Bonchev–Trinajstić information content (AvgIpc) is 2.62. The Hall–Kier alpha value is -1.28. The van der Waals surface area contributed by atoms with Crippen LogP contribution in [0.3, 0.4) is 0 Å². The zero-order chi connectivity index (χ0) is 9.26. The predicted molar refractivity (Wildman–Crippen MR) is 58.9 cm³/mol. The van der Waals surface area contributed by atoms with Gasteiger partial charge in [0.1, 0.15) is 0 Å². The number of rotatable bonds is 1. The molecule has 1 aromatic heterocycles. The van der Waals surface area contributed by atoms with Crippen LogP contribution in [0.4, 0.5) is 5.69 Å². The summed E-state index contributed by atoms with van der Waals surface area (Å²) in [5.41, 5.74) is 10.3. The van der Waals surface area contributed by atoms with Gasteiger partial charge in [0.25, 0.3) is 0 Å². The highest BCUT2D eigenvalue weighted by Crippen LogP contribution is 2.24. The van der Waals surface area contributed by atoms with E-state index in [1.165, 1.54) is 11.1 Å². The fraction of sp³-hybridized carbons (Fsp3) is 0.0909. The van der Waals surface area contributed by atoms with E-state index < -0.39 is 0 Å². The molecule has 0 bridgehead atoms. The summed E-state index contributed by atoms with van der Waals surface area (Å²) in [6.07, 6.45) is 0. The van der Waals surface area contributed by atoms with Crippen molar-refractivity contribution in [3.05, 3.63) is 40.6 Å². The Morgan fingerprint density at radius 1 is 1.15 bits per heavy atom. The molecule has 0 fully saturated rings. The average molecular weight is 189 g/mol. The van der Waals surface area contributed by atoms with Crippen molar-refractivity contribution in [2.75, 3.05) is 5.73 Å². The van der Waals surface area contributed by atoms with Gasteiger partial charge in [0.2, 0.25) is 0 Å². The molecule has 0 unspecified atom stereocenters. The molecule has 2 N–H and O–H groups in total. The lowest BCUT2D eigenvalue weighted by Crippen LogP contribution is -1.88. The molecule has 0 atom stereocenters. The quantitative estimate of drug-likeness (QED) is 0.684. The molecule has 0 amide bonds. The summed E-state index contributed by atoms with van der Waals surface area (Å²) in [7, 11) is 0. The van der Waals surface area contributed by atoms with Crippen LogP contribution in [0.15, 0.2) is 35.0 Å². The highest BCUT2D eigenvalue weighted by Gasteiger charge is 1.99. The molecule has 0 spiro atoms. The maximum Gasteiger partial charge on any atom is 0.0344 e. The van der Waals surface area contributed by atoms with E-state index >= 15 is 0 Å². The van der Waals surface area contributed by atoms with Crippen LogP contribution >= 0.6 is 11.3 Å². The predicted octanol–water partition coefficient (Wildman–Crippen LogP) is 3.31. The first-order valence-electron chi connectivity index (χ1n) is 4.16. The second-order valence-corrected chi connectivity index (χ2v) is 3.86. The molecule has 13 heavy (non-hydrogen) atoms. The lowest BCUT2D eigenvalue weighted by molar-refractivity contribution is 1.47. The van der Waals surface area contributed by atoms with Gasteiger partial charge in [-0.2, -0.15) is 11.3 Å². The van der Waals surface area contributed by atoms with Gasteiger partial charge in [-0.15, -0.1) is 0 Å². The first-order valence-corrected chi connectivity index (χ1v) is 5.10. The van der Waals surface area contributed by atoms with Crippen molar-refractivity contribution in [3.63, 3.8) is 0 Å². The normalized spacial score (nSPS) is 10.2. The summed E-state index contributed by atoms with van der Waals surface area (Å²) in [5.74, 6) is 0. The third-order valence-electron chi connectivity index (χ3n) is 2.12. The number of aryl methyl sites for hydroxylation is 1. The van der Waals surface area contributed by atoms with Crippen molar-refractivity contribution in [1.82, 2.24) is 0 Å². The van der Waals surface area contributed by atoms with Crippen LogP contribution in [0.5, 0.6) is 0 Å². The van der Waals surface area contributed by atoms with Crippen molar-refractivity contribution in [2.24, 2.45) is 0 Å². The molecule has 2 heteroatoms. The molecule has 66 valence electrons. The molecule has 0 saturated heterocycles. The summed E-state index contributed by atoms with van der Waals surface area (Å²) in [6, 6.07) is 8.26. The van der Waals surface area contributed by atoms with Gasteiger partial charge >= 0.3 is 0 Å². The van der Waals surface area contributed by atoms with E-state index in [1.807, 2.05) is 13.0 Å². The molecule has 1 aromatic carbocycles. The molecule has 2 rings (SSSR count). The SMILES string of the molecule is Cc1cc(-c2ccsc2)ccc1N. The van der Waals surface area contributed by atoms with Gasteiger partial charge < -0.3 is 5.73 Å². The third-order valence-corrected chi connectivity index (χ3v) is 2.81. The highest BCUT2D eigenvalue weighted by molar-refractivity contribution is 7.08. The lowest BCUT2D eigenvalue weighted by Gasteiger charge is -2.02. The molecule has 0 radical (unpaired) electrons. The third kappa shape index (κ3) is 1.58. The first kappa shape index (κ1) is 8.32. The number of nitrogen functional groups attached to an aromatic ring is 1. The number of thiophene rings is 1. The summed E-state index contributed by atoms with van der Waals surface area (Å²) >= 11 is 1.71. The van der Waals surface area contributed by atoms with Gasteiger partial charge in [0, 0.05) is 5.69 Å². The molecule has 0 aliphatic rings. The second-order valence-electron chi connectivity index (χ2n) is 3.08. The van der Waals surface area contributed by atoms with E-state index in [0.29, 0.717) is 0 Å². The maximum absolute atomic E-state index is 5.74. The summed E-state index contributed by atoms with van der Waals surface area (Å²) < 4.78 is 0. The van der Waals surface area contributed by atoms with Crippen LogP contribution in [0.1, 0.15) is 5.56 Å². The molecular weight excluding hydrogens is 178 g/mol.